The Bertz CT molecular complexity index is 1160. The average Bonchev–Trinajstić information content (AvgIpc) is 3.39. The van der Waals surface area contributed by atoms with E-state index in [-0.39, 0.29) is 18.0 Å². The quantitative estimate of drug-likeness (QED) is 0.256. The van der Waals surface area contributed by atoms with Gasteiger partial charge in [-0.1, -0.05) is 23.9 Å². The number of carbonyl (C=O) groups excluding carboxylic acids is 1. The summed E-state index contributed by atoms with van der Waals surface area (Å²) in [7, 11) is 1.87. The average molecular weight is 440 g/mol. The molecule has 12 heteroatoms. The second-order valence-electron chi connectivity index (χ2n) is 6.43. The first kappa shape index (κ1) is 20.3. The molecule has 0 saturated carbocycles. The zero-order valence-corrected chi connectivity index (χ0v) is 17.0. The molecule has 2 heterocycles. The molecule has 2 aromatic carbocycles. The van der Waals surface area contributed by atoms with Crippen molar-refractivity contribution in [2.24, 2.45) is 12.1 Å². The minimum absolute atomic E-state index is 0.00306. The van der Waals surface area contributed by atoms with E-state index >= 15 is 0 Å². The van der Waals surface area contributed by atoms with Gasteiger partial charge < -0.3 is 14.0 Å². The summed E-state index contributed by atoms with van der Waals surface area (Å²) in [6, 6.07) is 9.75. The van der Waals surface area contributed by atoms with Crippen LogP contribution in [0.1, 0.15) is 21.5 Å². The van der Waals surface area contributed by atoms with Gasteiger partial charge in [-0.2, -0.15) is 5.10 Å². The van der Waals surface area contributed by atoms with Crippen molar-refractivity contribution in [3.8, 4) is 11.5 Å². The predicted molar refractivity (Wildman–Crippen MR) is 111 cm³/mol. The minimum atomic E-state index is -0.553. The largest absolute Gasteiger partial charge is 0.454 e. The van der Waals surface area contributed by atoms with Crippen molar-refractivity contribution in [3.05, 3.63) is 69.5 Å². The van der Waals surface area contributed by atoms with Gasteiger partial charge in [-0.25, -0.2) is 5.43 Å². The van der Waals surface area contributed by atoms with E-state index in [4.69, 9.17) is 9.47 Å². The number of thioether (sulfide) groups is 1. The maximum Gasteiger partial charge on any atom is 0.282 e. The molecule has 158 valence electrons. The highest BCUT2D eigenvalue weighted by atomic mass is 32.2. The first-order chi connectivity index (χ1) is 15.0. The summed E-state index contributed by atoms with van der Waals surface area (Å²) in [6.07, 6.45) is 2.83. The predicted octanol–water partition coefficient (Wildman–Crippen LogP) is 2.51. The summed E-state index contributed by atoms with van der Waals surface area (Å²) in [5.74, 6) is 0.922. The van der Waals surface area contributed by atoms with Crippen LogP contribution in [0.3, 0.4) is 0 Å². The maximum absolute atomic E-state index is 12.3. The van der Waals surface area contributed by atoms with E-state index in [1.165, 1.54) is 30.1 Å². The number of nitrogens with one attached hydrogen (secondary N) is 1. The smallest absolute Gasteiger partial charge is 0.282 e. The van der Waals surface area contributed by atoms with Gasteiger partial charge in [0.15, 0.2) is 16.7 Å². The van der Waals surface area contributed by atoms with Gasteiger partial charge >= 0.3 is 0 Å². The summed E-state index contributed by atoms with van der Waals surface area (Å²) in [5.41, 5.74) is 3.78. The zero-order valence-electron chi connectivity index (χ0n) is 16.2. The molecule has 11 nitrogen and oxygen atoms in total. The highest BCUT2D eigenvalue weighted by Crippen LogP contribution is 2.37. The van der Waals surface area contributed by atoms with E-state index in [0.717, 1.165) is 10.7 Å². The molecule has 4 rings (SSSR count). The fourth-order valence-corrected chi connectivity index (χ4v) is 3.58. The molecule has 1 N–H and O–H groups in total. The number of fused-ring (bicyclic) bond motifs is 1. The lowest BCUT2D eigenvalue weighted by Crippen LogP contribution is -2.17. The molecule has 0 radical (unpaired) electrons. The number of aryl methyl sites for hydroxylation is 1. The van der Waals surface area contributed by atoms with E-state index in [1.807, 2.05) is 23.7 Å². The van der Waals surface area contributed by atoms with Gasteiger partial charge in [0.2, 0.25) is 6.79 Å². The van der Waals surface area contributed by atoms with Crippen LogP contribution in [0, 0.1) is 10.1 Å². The van der Waals surface area contributed by atoms with Gasteiger partial charge in [0.1, 0.15) is 6.33 Å². The van der Waals surface area contributed by atoms with Crippen molar-refractivity contribution >= 4 is 29.6 Å². The second-order valence-corrected chi connectivity index (χ2v) is 7.37. The van der Waals surface area contributed by atoms with Crippen LogP contribution in [0.5, 0.6) is 11.5 Å². The van der Waals surface area contributed by atoms with Gasteiger partial charge in [-0.05, 0) is 23.8 Å². The Labute approximate surface area is 180 Å². The summed E-state index contributed by atoms with van der Waals surface area (Å²) in [4.78, 5) is 23.0. The third kappa shape index (κ3) is 4.64. The molecular weight excluding hydrogens is 424 g/mol. The standard InChI is InChI=1S/C19H16N6O5S/c1-24-10-21-23-19(24)31-9-12-2-4-13(5-3-12)18(26)22-20-8-14-6-16-17(30-11-29-16)7-15(14)25(27)28/h2-8,10H,9,11H2,1H3,(H,22,26)/b20-8+. The third-order valence-corrected chi connectivity index (χ3v) is 5.45. The highest BCUT2D eigenvalue weighted by Gasteiger charge is 2.22. The van der Waals surface area contributed by atoms with Crippen molar-refractivity contribution in [3.63, 3.8) is 0 Å². The molecule has 1 aliphatic rings. The van der Waals surface area contributed by atoms with Gasteiger partial charge in [-0.3, -0.25) is 14.9 Å². The molecule has 0 spiro atoms. The number of hydrazone groups is 1. The molecular formula is C19H16N6O5S. The third-order valence-electron chi connectivity index (χ3n) is 4.34. The van der Waals surface area contributed by atoms with Crippen molar-refractivity contribution in [1.29, 1.82) is 0 Å². The van der Waals surface area contributed by atoms with E-state index in [2.05, 4.69) is 20.7 Å². The van der Waals surface area contributed by atoms with Crippen LogP contribution in [0.4, 0.5) is 5.69 Å². The number of amides is 1. The second kappa shape index (κ2) is 8.83. The van der Waals surface area contributed by atoms with Crippen LogP contribution >= 0.6 is 11.8 Å². The summed E-state index contributed by atoms with van der Waals surface area (Å²) in [6.45, 7) is -0.00306. The van der Waals surface area contributed by atoms with Crippen LogP contribution in [-0.4, -0.2) is 38.6 Å². The molecule has 1 aromatic heterocycles. The number of benzene rings is 2. The van der Waals surface area contributed by atoms with Gasteiger partial charge in [0, 0.05) is 18.4 Å². The molecule has 0 unspecified atom stereocenters. The van der Waals surface area contributed by atoms with E-state index in [9.17, 15) is 14.9 Å². The van der Waals surface area contributed by atoms with Crippen molar-refractivity contribution in [1.82, 2.24) is 20.2 Å². The SMILES string of the molecule is Cn1cnnc1SCc1ccc(C(=O)N/N=C/c2cc3c(cc2[N+](=O)[O-])OCO3)cc1. The Morgan fingerprint density at radius 2 is 2.06 bits per heavy atom. The molecule has 1 aliphatic heterocycles. The lowest BCUT2D eigenvalue weighted by atomic mass is 10.1. The summed E-state index contributed by atoms with van der Waals surface area (Å²) >= 11 is 1.54. The number of hydrogen-bond donors (Lipinski definition) is 1. The monoisotopic (exact) mass is 440 g/mol. The van der Waals surface area contributed by atoms with Crippen LogP contribution in [0.25, 0.3) is 0 Å². The van der Waals surface area contributed by atoms with Crippen LogP contribution in [0.2, 0.25) is 0 Å². The molecule has 0 fully saturated rings. The molecule has 3 aromatic rings. The number of hydrogen-bond acceptors (Lipinski definition) is 9. The Morgan fingerprint density at radius 3 is 2.74 bits per heavy atom. The fourth-order valence-electron chi connectivity index (χ4n) is 2.74. The van der Waals surface area contributed by atoms with Crippen LogP contribution < -0.4 is 14.9 Å². The molecule has 0 aliphatic carbocycles. The molecule has 31 heavy (non-hydrogen) atoms. The Hall–Kier alpha value is -3.93. The number of aromatic nitrogens is 3. The van der Waals surface area contributed by atoms with Crippen molar-refractivity contribution in [2.45, 2.75) is 10.9 Å². The maximum atomic E-state index is 12.3. The summed E-state index contributed by atoms with van der Waals surface area (Å²) in [5, 5.41) is 23.7. The topological polar surface area (TPSA) is 134 Å². The molecule has 0 saturated heterocycles. The number of nitro benzene ring substituents is 1. The lowest BCUT2D eigenvalue weighted by molar-refractivity contribution is -0.385. The highest BCUT2D eigenvalue weighted by molar-refractivity contribution is 7.98. The van der Waals surface area contributed by atoms with Gasteiger partial charge in [-0.15, -0.1) is 10.2 Å². The van der Waals surface area contributed by atoms with Crippen LogP contribution in [0.15, 0.2) is 53.0 Å². The van der Waals surface area contributed by atoms with Crippen molar-refractivity contribution < 1.29 is 19.2 Å². The molecule has 0 bridgehead atoms. The molecule has 1 amide bonds. The summed E-state index contributed by atoms with van der Waals surface area (Å²) < 4.78 is 12.2. The fraction of sp³-hybridized carbons (Fsp3) is 0.158. The number of rotatable bonds is 7. The van der Waals surface area contributed by atoms with Gasteiger partial charge in [0.25, 0.3) is 11.6 Å². The number of ether oxygens (including phenoxy) is 2. The minimum Gasteiger partial charge on any atom is -0.454 e. The normalized spacial score (nSPS) is 12.3. The Balaban J connectivity index is 1.38. The van der Waals surface area contributed by atoms with Crippen molar-refractivity contribution in [2.75, 3.05) is 6.79 Å². The van der Waals surface area contributed by atoms with Gasteiger partial charge in [0.05, 0.1) is 22.8 Å². The van der Waals surface area contributed by atoms with E-state index in [1.54, 1.807) is 18.5 Å². The number of nitrogens with zero attached hydrogens (tertiary/aromatic N) is 5. The first-order valence-corrected chi connectivity index (χ1v) is 9.97. The number of nitro groups is 1. The van der Waals surface area contributed by atoms with E-state index in [0.29, 0.717) is 22.8 Å². The Kier molecular flexibility index (Phi) is 5.80. The lowest BCUT2D eigenvalue weighted by Gasteiger charge is -2.04. The Morgan fingerprint density at radius 1 is 1.32 bits per heavy atom. The first-order valence-electron chi connectivity index (χ1n) is 8.98. The zero-order chi connectivity index (χ0) is 21.8. The molecule has 0 atom stereocenters. The van der Waals surface area contributed by atoms with E-state index < -0.39 is 10.8 Å². The van der Waals surface area contributed by atoms with Crippen LogP contribution in [-0.2, 0) is 12.8 Å². The number of carbonyl (C=O) groups is 1.